The molecule has 4 aromatic rings. The quantitative estimate of drug-likeness (QED) is 0.247. The fraction of sp³-hybridized carbons (Fsp3) is 0. The van der Waals surface area contributed by atoms with Gasteiger partial charge in [-0.3, -0.25) is 9.59 Å². The van der Waals surface area contributed by atoms with Crippen molar-refractivity contribution in [1.82, 2.24) is 0 Å². The third-order valence-corrected chi connectivity index (χ3v) is 6.41. The predicted octanol–water partition coefficient (Wildman–Crippen LogP) is 4.44. The number of benzene rings is 4. The Balaban J connectivity index is 1.80. The fourth-order valence-electron chi connectivity index (χ4n) is 3.61. The number of carbonyl (C=O) groups is 4. The van der Waals surface area contributed by atoms with Crippen molar-refractivity contribution < 1.29 is 34.5 Å². The summed E-state index contributed by atoms with van der Waals surface area (Å²) in [7, 11) is 0. The minimum Gasteiger partial charge on any atom is -0.506 e. The topological polar surface area (TPSA) is 167 Å². The van der Waals surface area contributed by atoms with Crippen molar-refractivity contribution in [3.05, 3.63) is 95.1 Å². The number of nitrogens with one attached hydrogen (secondary N) is 1. The molecule has 2 amide bonds. The minimum atomic E-state index is -1.37. The van der Waals surface area contributed by atoms with Gasteiger partial charge in [-0.05, 0) is 41.8 Å². The van der Waals surface area contributed by atoms with E-state index in [1.54, 1.807) is 48.5 Å². The number of fused-ring (bicyclic) bond motifs is 1. The number of carbonyl (C=O) groups excluding carboxylic acids is 2. The molecule has 0 bridgehead atoms. The minimum absolute atomic E-state index is 0.0712. The zero-order valence-electron chi connectivity index (χ0n) is 18.4. The first kappa shape index (κ1) is 24.3. The van der Waals surface area contributed by atoms with Crippen LogP contribution >= 0.6 is 11.8 Å². The van der Waals surface area contributed by atoms with Crippen LogP contribution in [0.2, 0.25) is 0 Å². The van der Waals surface area contributed by atoms with Crippen molar-refractivity contribution in [3.63, 3.8) is 0 Å². The molecule has 0 unspecified atom stereocenters. The Morgan fingerprint density at radius 3 is 1.92 bits per heavy atom. The predicted molar refractivity (Wildman–Crippen MR) is 133 cm³/mol. The van der Waals surface area contributed by atoms with Crippen LogP contribution in [0.25, 0.3) is 10.8 Å². The average Bonchev–Trinajstić information content (AvgIpc) is 2.85. The molecular formula is C26H18N2O7S. The molecule has 0 atom stereocenters. The molecule has 4 aromatic carbocycles. The number of phenols is 1. The largest absolute Gasteiger partial charge is 0.506 e. The van der Waals surface area contributed by atoms with Crippen LogP contribution in [0.5, 0.6) is 5.75 Å². The average molecular weight is 503 g/mol. The number of hydrogen-bond donors (Lipinski definition) is 5. The molecule has 9 nitrogen and oxygen atoms in total. The Bertz CT molecular complexity index is 1530. The molecule has 6 N–H and O–H groups in total. The molecule has 0 saturated carbocycles. The maximum absolute atomic E-state index is 13.2. The zero-order chi connectivity index (χ0) is 26.0. The SMILES string of the molecule is NC(=O)c1ccccc1Sc1cc(C(=O)Nc2cc(C(=O)O)cc(C(=O)O)c2)c(O)c2ccccc12. The van der Waals surface area contributed by atoms with Crippen LogP contribution in [0.1, 0.15) is 41.4 Å². The Kier molecular flexibility index (Phi) is 6.62. The van der Waals surface area contributed by atoms with Gasteiger partial charge in [0.05, 0.1) is 22.3 Å². The summed E-state index contributed by atoms with van der Waals surface area (Å²) in [6, 6.07) is 18.2. The van der Waals surface area contributed by atoms with Crippen LogP contribution in [-0.2, 0) is 0 Å². The van der Waals surface area contributed by atoms with E-state index in [1.165, 1.54) is 17.8 Å². The normalized spacial score (nSPS) is 10.7. The van der Waals surface area contributed by atoms with Gasteiger partial charge in [0.15, 0.2) is 0 Å². The number of aromatic carboxylic acids is 2. The van der Waals surface area contributed by atoms with Gasteiger partial charge in [-0.25, -0.2) is 9.59 Å². The number of carboxylic acid groups (broad SMARTS) is 2. The zero-order valence-corrected chi connectivity index (χ0v) is 19.2. The number of carboxylic acids is 2. The van der Waals surface area contributed by atoms with Crippen LogP contribution in [-0.4, -0.2) is 39.1 Å². The number of amides is 2. The maximum Gasteiger partial charge on any atom is 0.335 e. The van der Waals surface area contributed by atoms with Gasteiger partial charge in [-0.1, -0.05) is 48.2 Å². The lowest BCUT2D eigenvalue weighted by Gasteiger charge is -2.14. The van der Waals surface area contributed by atoms with E-state index in [4.69, 9.17) is 5.73 Å². The van der Waals surface area contributed by atoms with Crippen LogP contribution in [0.4, 0.5) is 5.69 Å². The van der Waals surface area contributed by atoms with Gasteiger partial charge in [0.25, 0.3) is 5.91 Å². The van der Waals surface area contributed by atoms with Crippen LogP contribution < -0.4 is 11.1 Å². The Hall–Kier alpha value is -4.83. The van der Waals surface area contributed by atoms with Crippen molar-refractivity contribution in [1.29, 1.82) is 0 Å². The summed E-state index contributed by atoms with van der Waals surface area (Å²) in [5.74, 6) is -4.46. The number of aromatic hydroxyl groups is 1. The van der Waals surface area contributed by atoms with E-state index < -0.39 is 23.8 Å². The van der Waals surface area contributed by atoms with Crippen molar-refractivity contribution in [2.75, 3.05) is 5.32 Å². The lowest BCUT2D eigenvalue weighted by Crippen LogP contribution is -2.14. The van der Waals surface area contributed by atoms with Gasteiger partial charge in [0, 0.05) is 20.9 Å². The first-order valence-electron chi connectivity index (χ1n) is 10.4. The smallest absolute Gasteiger partial charge is 0.335 e. The van der Waals surface area contributed by atoms with E-state index in [0.29, 0.717) is 20.6 Å². The number of anilines is 1. The van der Waals surface area contributed by atoms with E-state index >= 15 is 0 Å². The van der Waals surface area contributed by atoms with E-state index in [2.05, 4.69) is 5.32 Å². The highest BCUT2D eigenvalue weighted by Gasteiger charge is 2.20. The van der Waals surface area contributed by atoms with Crippen molar-refractivity contribution >= 4 is 52.0 Å². The fourth-order valence-corrected chi connectivity index (χ4v) is 4.73. The van der Waals surface area contributed by atoms with Gasteiger partial charge < -0.3 is 26.4 Å². The molecule has 180 valence electrons. The van der Waals surface area contributed by atoms with Gasteiger partial charge in [-0.15, -0.1) is 0 Å². The Labute approximate surface area is 208 Å². The second-order valence-corrected chi connectivity index (χ2v) is 8.73. The van der Waals surface area contributed by atoms with Gasteiger partial charge in [0.1, 0.15) is 5.75 Å². The Morgan fingerprint density at radius 2 is 1.31 bits per heavy atom. The summed E-state index contributed by atoms with van der Waals surface area (Å²) >= 11 is 1.18. The summed E-state index contributed by atoms with van der Waals surface area (Å²) in [5.41, 5.74) is 4.93. The molecule has 0 aliphatic heterocycles. The van der Waals surface area contributed by atoms with Gasteiger partial charge in [-0.2, -0.15) is 0 Å². The molecule has 10 heteroatoms. The van der Waals surface area contributed by atoms with Crippen LogP contribution in [0.3, 0.4) is 0 Å². The van der Waals surface area contributed by atoms with Crippen molar-refractivity contribution in [2.24, 2.45) is 5.73 Å². The number of nitrogens with two attached hydrogens (primary N) is 1. The highest BCUT2D eigenvalue weighted by atomic mass is 32.2. The van der Waals surface area contributed by atoms with Gasteiger partial charge in [0.2, 0.25) is 5.91 Å². The van der Waals surface area contributed by atoms with Crippen LogP contribution in [0.15, 0.2) is 82.6 Å². The second-order valence-electron chi connectivity index (χ2n) is 7.64. The molecule has 0 radical (unpaired) electrons. The molecule has 0 aromatic heterocycles. The highest BCUT2D eigenvalue weighted by molar-refractivity contribution is 7.99. The van der Waals surface area contributed by atoms with E-state index in [9.17, 15) is 34.5 Å². The molecule has 0 aliphatic carbocycles. The standard InChI is InChI=1S/C26H18N2O7S/c27-23(30)18-7-3-4-8-20(18)36-21-12-19(22(29)17-6-2-1-5-16(17)21)24(31)28-15-10-13(25(32)33)9-14(11-15)26(34)35/h1-12,29H,(H2,27,30)(H,28,31)(H,32,33)(H,34,35). The summed E-state index contributed by atoms with van der Waals surface area (Å²) in [4.78, 5) is 48.9. The molecule has 0 spiro atoms. The molecule has 0 saturated heterocycles. The third-order valence-electron chi connectivity index (χ3n) is 5.28. The molecule has 36 heavy (non-hydrogen) atoms. The van der Waals surface area contributed by atoms with Crippen LogP contribution in [0, 0.1) is 0 Å². The first-order chi connectivity index (χ1) is 17.2. The monoisotopic (exact) mass is 502 g/mol. The number of rotatable bonds is 7. The molecule has 0 aliphatic rings. The lowest BCUT2D eigenvalue weighted by atomic mass is 10.0. The number of primary amides is 1. The third kappa shape index (κ3) is 4.84. The van der Waals surface area contributed by atoms with E-state index in [-0.39, 0.29) is 33.7 Å². The van der Waals surface area contributed by atoms with E-state index in [1.807, 2.05) is 0 Å². The first-order valence-corrected chi connectivity index (χ1v) is 11.2. The molecule has 0 fully saturated rings. The molecule has 0 heterocycles. The summed E-state index contributed by atoms with van der Waals surface area (Å²) in [6.45, 7) is 0. The number of hydrogen-bond acceptors (Lipinski definition) is 6. The van der Waals surface area contributed by atoms with Gasteiger partial charge >= 0.3 is 11.9 Å². The molecular weight excluding hydrogens is 484 g/mol. The lowest BCUT2D eigenvalue weighted by molar-refractivity contribution is 0.0696. The second kappa shape index (κ2) is 9.80. The number of phenolic OH excluding ortho intramolecular Hbond substituents is 1. The van der Waals surface area contributed by atoms with Crippen molar-refractivity contribution in [2.45, 2.75) is 9.79 Å². The summed E-state index contributed by atoms with van der Waals surface area (Å²) < 4.78 is 0. The summed E-state index contributed by atoms with van der Waals surface area (Å²) in [5, 5.41) is 32.9. The van der Waals surface area contributed by atoms with E-state index in [0.717, 1.165) is 18.2 Å². The highest BCUT2D eigenvalue weighted by Crippen LogP contribution is 2.40. The van der Waals surface area contributed by atoms with Crippen molar-refractivity contribution in [3.8, 4) is 5.75 Å². The summed E-state index contributed by atoms with van der Waals surface area (Å²) in [6.07, 6.45) is 0. The Morgan fingerprint density at radius 1 is 0.722 bits per heavy atom. The maximum atomic E-state index is 13.2. The molecule has 4 rings (SSSR count).